The molecule has 3 heterocycles. The van der Waals surface area contributed by atoms with Crippen LogP contribution in [-0.2, 0) is 24.2 Å². The molecule has 4 unspecified atom stereocenters. The lowest BCUT2D eigenvalue weighted by Gasteiger charge is -2.26. The molecular formula is C26H38N4O8S. The van der Waals surface area contributed by atoms with Crippen molar-refractivity contribution in [2.75, 3.05) is 39.4 Å². The van der Waals surface area contributed by atoms with Crippen molar-refractivity contribution in [3.63, 3.8) is 0 Å². The summed E-state index contributed by atoms with van der Waals surface area (Å²) in [5.74, 6) is -0.116. The standard InChI is InChI=1S/C26H38N4O8S/c1-5-27-16(4)23-20-10-18(6-7-21(20)29-24(23)32)39(34,35)30(12-15(2)3)13-17(31)11-28-26(33)38-22-14-37-25-19(22)8-9-36-25/h6-7,10,15,17,19,22,25,29,31-32H,5,8-9,11-14H2,1-4H3,(H,28,33). The molecule has 1 aromatic carbocycles. The van der Waals surface area contributed by atoms with Gasteiger partial charge in [0, 0.05) is 42.8 Å². The van der Waals surface area contributed by atoms with E-state index in [1.165, 1.54) is 16.4 Å². The van der Waals surface area contributed by atoms with Crippen molar-refractivity contribution >= 4 is 32.7 Å². The number of nitrogens with zero attached hydrogens (tertiary/aromatic N) is 2. The number of benzene rings is 1. The van der Waals surface area contributed by atoms with Crippen LogP contribution in [0.15, 0.2) is 28.1 Å². The highest BCUT2D eigenvalue weighted by Gasteiger charge is 2.44. The van der Waals surface area contributed by atoms with Crippen LogP contribution in [-0.4, -0.2) is 97.6 Å². The molecular weight excluding hydrogens is 528 g/mol. The lowest BCUT2D eigenvalue weighted by atomic mass is 10.0. The number of carbonyl (C=O) groups is 1. The van der Waals surface area contributed by atoms with Gasteiger partial charge in [0.25, 0.3) is 0 Å². The number of aliphatic hydroxyl groups is 1. The fourth-order valence-electron chi connectivity index (χ4n) is 5.05. The number of amides is 1. The fraction of sp³-hybridized carbons (Fsp3) is 0.615. The minimum absolute atomic E-state index is 0.0100. The Balaban J connectivity index is 1.46. The first-order valence-corrected chi connectivity index (χ1v) is 14.7. The van der Waals surface area contributed by atoms with Crippen LogP contribution in [0.1, 0.15) is 39.7 Å². The van der Waals surface area contributed by atoms with Gasteiger partial charge in [-0.15, -0.1) is 0 Å². The van der Waals surface area contributed by atoms with Crippen LogP contribution in [0.2, 0.25) is 0 Å². The lowest BCUT2D eigenvalue weighted by Crippen LogP contribution is -2.44. The number of rotatable bonds is 11. The molecule has 0 bridgehead atoms. The van der Waals surface area contributed by atoms with Gasteiger partial charge in [-0.3, -0.25) is 4.99 Å². The molecule has 4 N–H and O–H groups in total. The van der Waals surface area contributed by atoms with Crippen LogP contribution in [0.25, 0.3) is 10.9 Å². The molecule has 0 spiro atoms. The number of carbonyl (C=O) groups excluding carboxylic acids is 1. The van der Waals surface area contributed by atoms with Gasteiger partial charge >= 0.3 is 6.09 Å². The molecule has 2 aliphatic rings. The number of hydrogen-bond donors (Lipinski definition) is 4. The minimum Gasteiger partial charge on any atom is -0.494 e. The Hall–Kier alpha value is -2.71. The maximum atomic E-state index is 13.7. The van der Waals surface area contributed by atoms with Crippen LogP contribution in [0.5, 0.6) is 5.88 Å². The van der Waals surface area contributed by atoms with Gasteiger partial charge in [-0.05, 0) is 44.4 Å². The number of ether oxygens (including phenoxy) is 3. The Kier molecular flexibility index (Phi) is 9.17. The first kappa shape index (κ1) is 29.3. The predicted molar refractivity (Wildman–Crippen MR) is 144 cm³/mol. The number of aromatic hydroxyl groups is 1. The van der Waals surface area contributed by atoms with Crippen LogP contribution in [0.3, 0.4) is 0 Å². The Labute approximate surface area is 228 Å². The second-order valence-corrected chi connectivity index (χ2v) is 12.3. The molecule has 2 aromatic rings. The van der Waals surface area contributed by atoms with Gasteiger partial charge in [-0.1, -0.05) is 13.8 Å². The molecule has 216 valence electrons. The third-order valence-corrected chi connectivity index (χ3v) is 8.68. The monoisotopic (exact) mass is 566 g/mol. The van der Waals surface area contributed by atoms with Crippen molar-refractivity contribution in [2.24, 2.45) is 16.8 Å². The third-order valence-electron chi connectivity index (χ3n) is 6.85. The maximum Gasteiger partial charge on any atom is 0.407 e. The van der Waals surface area contributed by atoms with Gasteiger partial charge in [-0.25, -0.2) is 13.2 Å². The quantitative estimate of drug-likeness (QED) is 0.301. The molecule has 4 atom stereocenters. The zero-order chi connectivity index (χ0) is 28.3. The second kappa shape index (κ2) is 12.2. The fourth-order valence-corrected chi connectivity index (χ4v) is 6.72. The molecule has 0 aliphatic carbocycles. The number of sulfonamides is 1. The van der Waals surface area contributed by atoms with Gasteiger partial charge < -0.3 is 34.7 Å². The van der Waals surface area contributed by atoms with Crippen molar-refractivity contribution in [3.8, 4) is 5.88 Å². The molecule has 2 aliphatic heterocycles. The third kappa shape index (κ3) is 6.55. The normalized spacial score (nSPS) is 22.5. The Morgan fingerprint density at radius 2 is 2.08 bits per heavy atom. The number of H-pyrrole nitrogens is 1. The van der Waals surface area contributed by atoms with E-state index in [0.717, 1.165) is 6.42 Å². The summed E-state index contributed by atoms with van der Waals surface area (Å²) in [5.41, 5.74) is 1.61. The number of aromatic amines is 1. The average molecular weight is 567 g/mol. The topological polar surface area (TPSA) is 163 Å². The molecule has 13 heteroatoms. The second-order valence-electron chi connectivity index (χ2n) is 10.3. The summed E-state index contributed by atoms with van der Waals surface area (Å²) in [6, 6.07) is 4.56. The van der Waals surface area contributed by atoms with Gasteiger partial charge in [0.05, 0.1) is 35.7 Å². The van der Waals surface area contributed by atoms with Crippen molar-refractivity contribution in [2.45, 2.75) is 57.5 Å². The predicted octanol–water partition coefficient (Wildman–Crippen LogP) is 2.20. The maximum absolute atomic E-state index is 13.7. The highest BCUT2D eigenvalue weighted by molar-refractivity contribution is 7.89. The van der Waals surface area contributed by atoms with Crippen molar-refractivity contribution in [1.29, 1.82) is 0 Å². The molecule has 39 heavy (non-hydrogen) atoms. The average Bonchev–Trinajstić information content (AvgIpc) is 3.57. The van der Waals surface area contributed by atoms with E-state index < -0.39 is 28.3 Å². The number of nitrogens with one attached hydrogen (secondary N) is 2. The first-order valence-electron chi connectivity index (χ1n) is 13.2. The zero-order valence-electron chi connectivity index (χ0n) is 22.7. The van der Waals surface area contributed by atoms with Gasteiger partial charge in [0.2, 0.25) is 10.0 Å². The number of aromatic nitrogens is 1. The van der Waals surface area contributed by atoms with E-state index in [-0.39, 0.29) is 55.1 Å². The van der Waals surface area contributed by atoms with E-state index >= 15 is 0 Å². The van der Waals surface area contributed by atoms with Crippen molar-refractivity contribution in [1.82, 2.24) is 14.6 Å². The Morgan fingerprint density at radius 1 is 1.31 bits per heavy atom. The highest BCUT2D eigenvalue weighted by atomic mass is 32.2. The van der Waals surface area contributed by atoms with Crippen LogP contribution >= 0.6 is 0 Å². The number of fused-ring (bicyclic) bond motifs is 2. The molecule has 4 rings (SSSR count). The minimum atomic E-state index is -4.03. The van der Waals surface area contributed by atoms with E-state index in [0.29, 0.717) is 35.3 Å². The Bertz CT molecular complexity index is 1310. The van der Waals surface area contributed by atoms with Gasteiger partial charge in [0.1, 0.15) is 6.10 Å². The highest BCUT2D eigenvalue weighted by Crippen LogP contribution is 2.33. The molecule has 1 amide bonds. The van der Waals surface area contributed by atoms with E-state index in [1.807, 2.05) is 20.8 Å². The van der Waals surface area contributed by atoms with Gasteiger partial charge in [-0.2, -0.15) is 4.31 Å². The molecule has 2 saturated heterocycles. The molecule has 0 saturated carbocycles. The first-order chi connectivity index (χ1) is 18.5. The summed E-state index contributed by atoms with van der Waals surface area (Å²) in [5, 5.41) is 24.2. The molecule has 1 aromatic heterocycles. The van der Waals surface area contributed by atoms with E-state index in [1.54, 1.807) is 13.0 Å². The molecule has 12 nitrogen and oxygen atoms in total. The summed E-state index contributed by atoms with van der Waals surface area (Å²) >= 11 is 0. The van der Waals surface area contributed by atoms with Crippen LogP contribution in [0.4, 0.5) is 4.79 Å². The van der Waals surface area contributed by atoms with E-state index in [4.69, 9.17) is 14.2 Å². The Morgan fingerprint density at radius 3 is 2.79 bits per heavy atom. The SMILES string of the molecule is CCN=C(C)c1c(O)[nH]c2ccc(S(=O)(=O)N(CC(C)C)CC(O)CNC(=O)OC3COC4OCCC34)cc12. The van der Waals surface area contributed by atoms with E-state index in [2.05, 4.69) is 15.3 Å². The van der Waals surface area contributed by atoms with Crippen molar-refractivity contribution < 1.29 is 37.6 Å². The summed E-state index contributed by atoms with van der Waals surface area (Å²) in [7, 11) is -4.03. The van der Waals surface area contributed by atoms with Crippen molar-refractivity contribution in [3.05, 3.63) is 23.8 Å². The smallest absolute Gasteiger partial charge is 0.407 e. The number of aliphatic imine (C=N–C) groups is 1. The number of aliphatic hydroxyl groups excluding tert-OH is 1. The van der Waals surface area contributed by atoms with E-state index in [9.17, 15) is 23.4 Å². The van der Waals surface area contributed by atoms with Crippen LogP contribution in [0, 0.1) is 11.8 Å². The largest absolute Gasteiger partial charge is 0.494 e. The van der Waals surface area contributed by atoms with Gasteiger partial charge in [0.15, 0.2) is 12.2 Å². The summed E-state index contributed by atoms with van der Waals surface area (Å²) < 4.78 is 45.0. The van der Waals surface area contributed by atoms with Crippen LogP contribution < -0.4 is 5.32 Å². The zero-order valence-corrected chi connectivity index (χ0v) is 23.5. The molecule has 2 fully saturated rings. The number of alkyl carbamates (subject to hydrolysis) is 1. The summed E-state index contributed by atoms with van der Waals surface area (Å²) in [6.45, 7) is 8.45. The lowest BCUT2D eigenvalue weighted by molar-refractivity contribution is -0.0907. The molecule has 0 radical (unpaired) electrons. The summed E-state index contributed by atoms with van der Waals surface area (Å²) in [6.07, 6.45) is -1.91. The number of hydrogen-bond acceptors (Lipinski definition) is 9. The summed E-state index contributed by atoms with van der Waals surface area (Å²) in [4.78, 5) is 19.6.